The third-order valence-electron chi connectivity index (χ3n) is 6.55. The molecule has 4 atom stereocenters. The molecule has 11 nitrogen and oxygen atoms in total. The molecule has 0 N–H and O–H groups in total. The van der Waals surface area contributed by atoms with Gasteiger partial charge in [-0.25, -0.2) is 4.90 Å². The van der Waals surface area contributed by atoms with Crippen LogP contribution in [0.5, 0.6) is 0 Å². The summed E-state index contributed by atoms with van der Waals surface area (Å²) in [4.78, 5) is 80.6. The van der Waals surface area contributed by atoms with Crippen molar-refractivity contribution in [3.8, 4) is 0 Å². The fourth-order valence-corrected chi connectivity index (χ4v) is 5.10. The Morgan fingerprint density at radius 1 is 0.686 bits per heavy atom. The van der Waals surface area contributed by atoms with Crippen LogP contribution >= 0.6 is 0 Å². The number of ether oxygens (including phenoxy) is 2. The molecule has 3 aliphatic rings. The number of amides is 4. The lowest BCUT2D eigenvalue weighted by molar-refractivity contribution is -0.161. The van der Waals surface area contributed by atoms with Crippen molar-refractivity contribution in [3.05, 3.63) is 65.7 Å². The number of esters is 2. The zero-order chi connectivity index (χ0) is 25.0. The van der Waals surface area contributed by atoms with Crippen molar-refractivity contribution >= 4 is 41.3 Å². The number of nitrogens with zero attached hydrogens (tertiary/aromatic N) is 3. The number of anilines is 1. The first kappa shape index (κ1) is 22.4. The van der Waals surface area contributed by atoms with E-state index in [9.17, 15) is 28.8 Å². The van der Waals surface area contributed by atoms with E-state index in [1.54, 1.807) is 42.5 Å². The van der Waals surface area contributed by atoms with Gasteiger partial charge in [-0.05, 0) is 24.3 Å². The summed E-state index contributed by atoms with van der Waals surface area (Å²) in [7, 11) is 2.14. The molecular weight excluding hydrogens is 458 g/mol. The van der Waals surface area contributed by atoms with Crippen LogP contribution in [0.3, 0.4) is 0 Å². The van der Waals surface area contributed by atoms with Crippen LogP contribution in [-0.4, -0.2) is 71.9 Å². The Hall–Kier alpha value is -4.38. The van der Waals surface area contributed by atoms with Crippen molar-refractivity contribution in [1.82, 2.24) is 10.0 Å². The van der Waals surface area contributed by atoms with Crippen LogP contribution in [0.4, 0.5) is 5.69 Å². The van der Waals surface area contributed by atoms with E-state index >= 15 is 0 Å². The molecule has 2 fully saturated rings. The lowest BCUT2D eigenvalue weighted by atomic mass is 9.89. The van der Waals surface area contributed by atoms with Crippen LogP contribution in [0.25, 0.3) is 0 Å². The number of hydrogen-bond donors (Lipinski definition) is 0. The summed E-state index contributed by atoms with van der Waals surface area (Å²) in [6.07, 6.45) is 0. The van der Waals surface area contributed by atoms with E-state index in [1.807, 2.05) is 0 Å². The second kappa shape index (κ2) is 8.13. The number of hydrogen-bond acceptors (Lipinski definition) is 9. The fourth-order valence-electron chi connectivity index (χ4n) is 5.10. The first-order valence-corrected chi connectivity index (χ1v) is 10.7. The van der Waals surface area contributed by atoms with Crippen LogP contribution in [0, 0.1) is 11.8 Å². The third-order valence-corrected chi connectivity index (χ3v) is 6.55. The van der Waals surface area contributed by atoms with Gasteiger partial charge in [0.1, 0.15) is 12.1 Å². The summed E-state index contributed by atoms with van der Waals surface area (Å²) >= 11 is 0. The van der Waals surface area contributed by atoms with Crippen molar-refractivity contribution < 1.29 is 38.2 Å². The summed E-state index contributed by atoms with van der Waals surface area (Å²) in [5.41, 5.74) is 0.382. The lowest BCUT2D eigenvalue weighted by Crippen LogP contribution is -2.60. The van der Waals surface area contributed by atoms with Crippen molar-refractivity contribution in [2.75, 3.05) is 19.1 Å². The molecule has 0 spiro atoms. The number of methoxy groups -OCH3 is 2. The van der Waals surface area contributed by atoms with Gasteiger partial charge in [0.2, 0.25) is 11.8 Å². The molecule has 5 rings (SSSR count). The van der Waals surface area contributed by atoms with Gasteiger partial charge in [-0.15, -0.1) is 0 Å². The maximum atomic E-state index is 13.6. The van der Waals surface area contributed by atoms with Crippen LogP contribution in [0.15, 0.2) is 54.6 Å². The van der Waals surface area contributed by atoms with Gasteiger partial charge in [-0.3, -0.25) is 28.8 Å². The van der Waals surface area contributed by atoms with Gasteiger partial charge in [0.15, 0.2) is 0 Å². The Labute approximate surface area is 198 Å². The van der Waals surface area contributed by atoms with Gasteiger partial charge < -0.3 is 9.47 Å². The minimum Gasteiger partial charge on any atom is -0.468 e. The van der Waals surface area contributed by atoms with Crippen molar-refractivity contribution in [2.45, 2.75) is 12.1 Å². The Balaban J connectivity index is 1.66. The van der Waals surface area contributed by atoms with E-state index < -0.39 is 59.5 Å². The van der Waals surface area contributed by atoms with E-state index in [1.165, 1.54) is 12.1 Å². The summed E-state index contributed by atoms with van der Waals surface area (Å²) in [5, 5.41) is 1.52. The minimum atomic E-state index is -1.61. The van der Waals surface area contributed by atoms with Crippen LogP contribution in [-0.2, 0) is 28.7 Å². The average molecular weight is 477 g/mol. The monoisotopic (exact) mass is 477 g/mol. The minimum absolute atomic E-state index is 0.0605. The zero-order valence-corrected chi connectivity index (χ0v) is 18.6. The normalized spacial score (nSPS) is 25.7. The molecule has 2 saturated heterocycles. The molecule has 3 aliphatic heterocycles. The smallest absolute Gasteiger partial charge is 0.325 e. The van der Waals surface area contributed by atoms with E-state index in [0.717, 1.165) is 24.1 Å². The van der Waals surface area contributed by atoms with Gasteiger partial charge in [-0.2, -0.15) is 10.0 Å². The molecule has 0 aromatic heterocycles. The highest BCUT2D eigenvalue weighted by Crippen LogP contribution is 2.46. The molecule has 0 saturated carbocycles. The summed E-state index contributed by atoms with van der Waals surface area (Å²) in [5.74, 6) is -7.88. The average Bonchev–Trinajstić information content (AvgIpc) is 3.44. The van der Waals surface area contributed by atoms with E-state index in [-0.39, 0.29) is 16.8 Å². The van der Waals surface area contributed by atoms with E-state index in [2.05, 4.69) is 0 Å². The molecule has 4 amide bonds. The van der Waals surface area contributed by atoms with E-state index in [0.29, 0.717) is 5.01 Å². The van der Waals surface area contributed by atoms with Crippen LogP contribution in [0.2, 0.25) is 0 Å². The zero-order valence-electron chi connectivity index (χ0n) is 18.6. The lowest BCUT2D eigenvalue weighted by Gasteiger charge is -2.35. The highest BCUT2D eigenvalue weighted by Gasteiger charge is 2.69. The molecular formula is C24H19N3O8. The fraction of sp³-hybridized carbons (Fsp3) is 0.250. The number of benzene rings is 2. The molecule has 0 unspecified atom stereocenters. The summed E-state index contributed by atoms with van der Waals surface area (Å²) in [6, 6.07) is 10.8. The molecule has 11 heteroatoms. The second-order valence-electron chi connectivity index (χ2n) is 8.18. The number of rotatable bonds is 4. The Morgan fingerprint density at radius 2 is 1.11 bits per heavy atom. The van der Waals surface area contributed by atoms with Gasteiger partial charge in [-0.1, -0.05) is 30.3 Å². The molecule has 0 bridgehead atoms. The summed E-state index contributed by atoms with van der Waals surface area (Å²) < 4.78 is 9.80. The van der Waals surface area contributed by atoms with Crippen molar-refractivity contribution in [1.29, 1.82) is 0 Å². The van der Waals surface area contributed by atoms with E-state index in [4.69, 9.17) is 9.47 Å². The number of fused-ring (bicyclic) bond motifs is 2. The number of hydrazine groups is 1. The van der Waals surface area contributed by atoms with Gasteiger partial charge >= 0.3 is 11.9 Å². The molecule has 0 radical (unpaired) electrons. The third kappa shape index (κ3) is 3.01. The molecule has 0 aliphatic carbocycles. The predicted octanol–water partition coefficient (Wildman–Crippen LogP) is 0.402. The molecule has 3 heterocycles. The molecule has 2 aromatic rings. The standard InChI is InChI=1S/C24H19N3O8/c1-34-23(32)17-15-16(22(31)25(21(15)30)12-8-4-3-5-9-12)18(24(33)35-2)26(17)27-19(28)13-10-6-7-11-14(13)20(27)29/h3-11,15-18H,1-2H3/t15-,16+,17-,18+. The maximum Gasteiger partial charge on any atom is 0.325 e. The van der Waals surface area contributed by atoms with Gasteiger partial charge in [0.25, 0.3) is 11.8 Å². The van der Waals surface area contributed by atoms with Crippen LogP contribution < -0.4 is 4.90 Å². The van der Waals surface area contributed by atoms with Gasteiger partial charge in [0, 0.05) is 0 Å². The number of para-hydroxylation sites is 1. The second-order valence-corrected chi connectivity index (χ2v) is 8.18. The first-order valence-electron chi connectivity index (χ1n) is 10.7. The largest absolute Gasteiger partial charge is 0.468 e. The SMILES string of the molecule is COC(=O)[C@@H]1[C@H]2C(=O)N(c3ccccc3)C(=O)[C@H]2[C@H](C(=O)OC)N1N1C(=O)c2ccccc2C1=O. The summed E-state index contributed by atoms with van der Waals surface area (Å²) in [6.45, 7) is 0. The topological polar surface area (TPSA) is 131 Å². The quantitative estimate of drug-likeness (QED) is 0.454. The van der Waals surface area contributed by atoms with Crippen molar-refractivity contribution in [2.24, 2.45) is 11.8 Å². The highest BCUT2D eigenvalue weighted by molar-refractivity contribution is 6.25. The van der Waals surface area contributed by atoms with Crippen molar-refractivity contribution in [3.63, 3.8) is 0 Å². The molecule has 35 heavy (non-hydrogen) atoms. The predicted molar refractivity (Wildman–Crippen MR) is 116 cm³/mol. The Bertz CT molecular complexity index is 1220. The highest BCUT2D eigenvalue weighted by atomic mass is 16.5. The number of carbonyl (C=O) groups excluding carboxylic acids is 6. The number of imide groups is 2. The first-order chi connectivity index (χ1) is 16.8. The Kier molecular flexibility index (Phi) is 5.21. The maximum absolute atomic E-state index is 13.6. The van der Waals surface area contributed by atoms with Gasteiger partial charge in [0.05, 0.1) is 42.9 Å². The van der Waals surface area contributed by atoms with Crippen LogP contribution in [0.1, 0.15) is 20.7 Å². The molecule has 178 valence electrons. The molecule has 2 aromatic carbocycles. The number of carbonyl (C=O) groups is 6. The Morgan fingerprint density at radius 3 is 1.54 bits per heavy atom.